The van der Waals surface area contributed by atoms with Crippen LogP contribution in [-0.2, 0) is 11.2 Å². The highest BCUT2D eigenvalue weighted by Crippen LogP contribution is 2.39. The number of halogens is 1. The highest BCUT2D eigenvalue weighted by atomic mass is 19.1. The molecule has 0 spiro atoms. The summed E-state index contributed by atoms with van der Waals surface area (Å²) in [4.78, 5) is 36.4. The number of carbonyl (C=O) groups excluding carboxylic acids is 2. The molecule has 39 heavy (non-hydrogen) atoms. The maximum atomic E-state index is 14.5. The molecule has 0 fully saturated rings. The molecular weight excluding hydrogens is 501 g/mol. The number of benzene rings is 2. The zero-order valence-electron chi connectivity index (χ0n) is 22.2. The Morgan fingerprint density at radius 2 is 1.95 bits per heavy atom. The van der Waals surface area contributed by atoms with Crippen LogP contribution in [0.25, 0.3) is 10.9 Å². The Labute approximate surface area is 225 Å². The van der Waals surface area contributed by atoms with Gasteiger partial charge < -0.3 is 35.5 Å². The molecule has 4 N–H and O–H groups in total. The summed E-state index contributed by atoms with van der Waals surface area (Å²) >= 11 is 0. The number of anilines is 5. The van der Waals surface area contributed by atoms with Crippen molar-refractivity contribution in [2.75, 3.05) is 56.9 Å². The molecule has 1 aliphatic heterocycles. The van der Waals surface area contributed by atoms with Gasteiger partial charge in [0.05, 0.1) is 54.2 Å². The van der Waals surface area contributed by atoms with Crippen molar-refractivity contribution in [2.45, 2.75) is 6.42 Å². The Hall–Kier alpha value is -4.64. The van der Waals surface area contributed by atoms with E-state index in [1.165, 1.54) is 19.2 Å². The number of carbonyl (C=O) groups is 2. The Bertz CT molecular complexity index is 1570. The van der Waals surface area contributed by atoms with Gasteiger partial charge in [-0.05, 0) is 56.4 Å². The first-order chi connectivity index (χ1) is 18.8. The number of hydrogen-bond donors (Lipinski definition) is 4. The number of nitrogens with one attached hydrogen (secondary N) is 4. The fourth-order valence-corrected chi connectivity index (χ4v) is 4.79. The van der Waals surface area contributed by atoms with Crippen LogP contribution in [0.5, 0.6) is 5.75 Å². The van der Waals surface area contributed by atoms with Crippen LogP contribution in [0.15, 0.2) is 48.8 Å². The summed E-state index contributed by atoms with van der Waals surface area (Å²) in [5, 5.41) is 9.78. The normalized spacial score (nSPS) is 12.5. The van der Waals surface area contributed by atoms with E-state index in [4.69, 9.17) is 4.74 Å². The van der Waals surface area contributed by atoms with E-state index >= 15 is 0 Å². The molecule has 4 aromatic rings. The van der Waals surface area contributed by atoms with Gasteiger partial charge in [0.2, 0.25) is 5.91 Å². The zero-order valence-corrected chi connectivity index (χ0v) is 22.2. The minimum Gasteiger partial charge on any atom is -0.495 e. The monoisotopic (exact) mass is 531 g/mol. The number of rotatable bonds is 8. The van der Waals surface area contributed by atoms with Crippen molar-refractivity contribution in [3.63, 3.8) is 0 Å². The molecule has 11 heteroatoms. The highest BCUT2D eigenvalue weighted by molar-refractivity contribution is 6.03. The molecule has 0 saturated heterocycles. The summed E-state index contributed by atoms with van der Waals surface area (Å²) in [6, 6.07) is 10.2. The molecule has 1 aliphatic rings. The van der Waals surface area contributed by atoms with Crippen LogP contribution >= 0.6 is 0 Å². The van der Waals surface area contributed by atoms with Crippen LogP contribution in [0, 0.1) is 5.82 Å². The minimum absolute atomic E-state index is 0.0377. The van der Waals surface area contributed by atoms with Crippen LogP contribution in [0.1, 0.15) is 15.9 Å². The largest absolute Gasteiger partial charge is 0.495 e. The zero-order chi connectivity index (χ0) is 27.7. The van der Waals surface area contributed by atoms with Gasteiger partial charge in [-0.2, -0.15) is 0 Å². The topological polar surface area (TPSA) is 115 Å². The van der Waals surface area contributed by atoms with E-state index in [9.17, 15) is 14.0 Å². The number of likely N-dealkylation sites (N-methyl/N-ethyl adjacent to an activating group) is 1. The molecular formula is C28H30FN7O3. The molecule has 202 valence electrons. The van der Waals surface area contributed by atoms with Gasteiger partial charge in [-0.25, -0.2) is 4.39 Å². The highest BCUT2D eigenvalue weighted by Gasteiger charge is 2.27. The summed E-state index contributed by atoms with van der Waals surface area (Å²) in [5.41, 5.74) is 4.17. The van der Waals surface area contributed by atoms with Gasteiger partial charge in [-0.15, -0.1) is 0 Å². The Kier molecular flexibility index (Phi) is 7.07. The fourth-order valence-electron chi connectivity index (χ4n) is 4.79. The first-order valence-electron chi connectivity index (χ1n) is 12.5. The number of H-pyrrole nitrogens is 1. The lowest BCUT2D eigenvalue weighted by Gasteiger charge is -2.21. The number of amides is 2. The molecule has 0 saturated carbocycles. The second kappa shape index (κ2) is 10.6. The molecule has 2 aromatic heterocycles. The number of fused-ring (bicyclic) bond motifs is 2. The first-order valence-corrected chi connectivity index (χ1v) is 12.5. The quantitative estimate of drug-likeness (QED) is 0.272. The number of aromatic amines is 1. The van der Waals surface area contributed by atoms with Crippen LogP contribution in [-0.4, -0.2) is 68.0 Å². The Balaban J connectivity index is 1.47. The van der Waals surface area contributed by atoms with Crippen LogP contribution < -0.4 is 25.6 Å². The number of ether oxygens (including phenoxy) is 1. The van der Waals surface area contributed by atoms with Gasteiger partial charge in [0.15, 0.2) is 0 Å². The summed E-state index contributed by atoms with van der Waals surface area (Å²) in [6.45, 7) is 0.950. The number of methoxy groups -OCH3 is 1. The SMILES string of the molecule is CNC(=O)c1c(F)cccc1Nc1cncc2[nH]c(Nc3cc4c(cc3OC)CCN4C(=O)CN(C)C)cc12. The predicted octanol–water partition coefficient (Wildman–Crippen LogP) is 4.01. The summed E-state index contributed by atoms with van der Waals surface area (Å²) in [6.07, 6.45) is 4.05. The third-order valence-electron chi connectivity index (χ3n) is 6.60. The predicted molar refractivity (Wildman–Crippen MR) is 150 cm³/mol. The molecule has 0 aliphatic carbocycles. The van der Waals surface area contributed by atoms with E-state index in [0.29, 0.717) is 41.7 Å². The van der Waals surface area contributed by atoms with E-state index in [0.717, 1.165) is 28.6 Å². The van der Waals surface area contributed by atoms with Crippen molar-refractivity contribution in [3.8, 4) is 5.75 Å². The molecule has 0 bridgehead atoms. The van der Waals surface area contributed by atoms with E-state index in [1.807, 2.05) is 37.2 Å². The third kappa shape index (κ3) is 5.08. The summed E-state index contributed by atoms with van der Waals surface area (Å²) < 4.78 is 20.1. The maximum absolute atomic E-state index is 14.5. The average Bonchev–Trinajstić information content (AvgIpc) is 3.51. The molecule has 2 aromatic carbocycles. The molecule has 10 nitrogen and oxygen atoms in total. The van der Waals surface area contributed by atoms with Gasteiger partial charge in [0, 0.05) is 24.7 Å². The van der Waals surface area contributed by atoms with Crippen molar-refractivity contribution in [3.05, 3.63) is 65.7 Å². The van der Waals surface area contributed by atoms with E-state index in [1.54, 1.807) is 30.5 Å². The average molecular weight is 532 g/mol. The first kappa shape index (κ1) is 26.0. The lowest BCUT2D eigenvalue weighted by Crippen LogP contribution is -2.36. The van der Waals surface area contributed by atoms with Crippen molar-refractivity contribution >= 4 is 51.3 Å². The van der Waals surface area contributed by atoms with Gasteiger partial charge in [-0.3, -0.25) is 14.6 Å². The fraction of sp³-hybridized carbons (Fsp3) is 0.250. The molecule has 5 rings (SSSR count). The lowest BCUT2D eigenvalue weighted by molar-refractivity contribution is -0.119. The van der Waals surface area contributed by atoms with Gasteiger partial charge in [-0.1, -0.05) is 6.07 Å². The summed E-state index contributed by atoms with van der Waals surface area (Å²) in [5.74, 6) is 0.192. The maximum Gasteiger partial charge on any atom is 0.256 e. The Morgan fingerprint density at radius 1 is 1.13 bits per heavy atom. The van der Waals surface area contributed by atoms with Crippen molar-refractivity contribution in [1.82, 2.24) is 20.2 Å². The van der Waals surface area contributed by atoms with Gasteiger partial charge in [0.1, 0.15) is 17.4 Å². The molecule has 0 radical (unpaired) electrons. The molecule has 0 atom stereocenters. The number of aromatic nitrogens is 2. The lowest BCUT2D eigenvalue weighted by atomic mass is 10.1. The van der Waals surface area contributed by atoms with E-state index < -0.39 is 11.7 Å². The summed E-state index contributed by atoms with van der Waals surface area (Å²) in [7, 11) is 6.81. The van der Waals surface area contributed by atoms with Crippen molar-refractivity contribution < 1.29 is 18.7 Å². The molecule has 2 amide bonds. The number of nitrogens with zero attached hydrogens (tertiary/aromatic N) is 3. The van der Waals surface area contributed by atoms with Gasteiger partial charge in [0.25, 0.3) is 5.91 Å². The van der Waals surface area contributed by atoms with Crippen molar-refractivity contribution in [1.29, 1.82) is 0 Å². The third-order valence-corrected chi connectivity index (χ3v) is 6.60. The van der Waals surface area contributed by atoms with Crippen LogP contribution in [0.4, 0.5) is 33.0 Å². The number of hydrogen-bond acceptors (Lipinski definition) is 7. The van der Waals surface area contributed by atoms with Gasteiger partial charge >= 0.3 is 0 Å². The van der Waals surface area contributed by atoms with Crippen LogP contribution in [0.2, 0.25) is 0 Å². The Morgan fingerprint density at radius 3 is 2.69 bits per heavy atom. The van der Waals surface area contributed by atoms with Crippen molar-refractivity contribution in [2.24, 2.45) is 0 Å². The standard InChI is InChI=1S/C28H30FN7O3/c1-30-28(38)27-18(29)6-5-7-19(27)32-21-13-31-14-22-17(21)11-25(34-22)33-20-12-23-16(10-24(20)39-4)8-9-36(23)26(37)15-35(2)3/h5-7,10-14,32-34H,8-9,15H2,1-4H3,(H,30,38). The van der Waals surface area contributed by atoms with E-state index in [2.05, 4.69) is 25.9 Å². The molecule has 3 heterocycles. The second-order valence-electron chi connectivity index (χ2n) is 9.54. The molecule has 0 unspecified atom stereocenters. The smallest absolute Gasteiger partial charge is 0.256 e. The minimum atomic E-state index is -0.627. The second-order valence-corrected chi connectivity index (χ2v) is 9.54. The van der Waals surface area contributed by atoms with Crippen LogP contribution in [0.3, 0.4) is 0 Å². The number of pyridine rings is 1. The van der Waals surface area contributed by atoms with E-state index in [-0.39, 0.29) is 11.5 Å².